The van der Waals surface area contributed by atoms with Gasteiger partial charge in [-0.25, -0.2) is 0 Å². The highest BCUT2D eigenvalue weighted by Crippen LogP contribution is 2.40. The Morgan fingerprint density at radius 2 is 2.00 bits per heavy atom. The number of allylic oxidation sites excluding steroid dienone is 1. The summed E-state index contributed by atoms with van der Waals surface area (Å²) in [7, 11) is 1.23. The van der Waals surface area contributed by atoms with Crippen molar-refractivity contribution in [3.63, 3.8) is 0 Å². The molecule has 1 aliphatic heterocycles. The fourth-order valence-corrected chi connectivity index (χ4v) is 4.61. The Labute approximate surface area is 193 Å². The fraction of sp³-hybridized carbons (Fsp3) is 0.261. The van der Waals surface area contributed by atoms with Crippen LogP contribution in [-0.4, -0.2) is 31.3 Å². The first-order chi connectivity index (χ1) is 14.9. The number of amides is 1. The molecule has 31 heavy (non-hydrogen) atoms. The van der Waals surface area contributed by atoms with Gasteiger partial charge in [0.15, 0.2) is 0 Å². The lowest BCUT2D eigenvalue weighted by Crippen LogP contribution is -2.44. The minimum atomic E-state index is -1.14. The molecule has 8 heteroatoms. The van der Waals surface area contributed by atoms with Crippen LogP contribution in [0.5, 0.6) is 5.75 Å². The van der Waals surface area contributed by atoms with Crippen LogP contribution < -0.4 is 10.1 Å². The van der Waals surface area contributed by atoms with Crippen LogP contribution in [0.2, 0.25) is 0 Å². The molecule has 0 saturated heterocycles. The number of hydrogen-bond acceptors (Lipinski definition) is 6. The number of halogens is 1. The van der Waals surface area contributed by atoms with E-state index in [1.54, 1.807) is 18.2 Å². The topological polar surface area (TPSA) is 88.4 Å². The van der Waals surface area contributed by atoms with Crippen LogP contribution in [0.3, 0.4) is 0 Å². The normalized spacial score (nSPS) is 18.2. The maximum absolute atomic E-state index is 12.8. The SMILES string of the molecule is COC(=O)[C@@H]1C(=O)NC(SCCOc2ccc(C)cc2)=C(C#N)[C@H]1c1cccc(Br)c1. The van der Waals surface area contributed by atoms with Gasteiger partial charge in [0, 0.05) is 16.1 Å². The van der Waals surface area contributed by atoms with E-state index in [0.717, 1.165) is 15.8 Å². The summed E-state index contributed by atoms with van der Waals surface area (Å²) in [6.07, 6.45) is 0. The molecule has 0 bridgehead atoms. The Morgan fingerprint density at radius 1 is 1.26 bits per heavy atom. The molecule has 0 aromatic heterocycles. The summed E-state index contributed by atoms with van der Waals surface area (Å²) in [5, 5.41) is 13.1. The summed E-state index contributed by atoms with van der Waals surface area (Å²) in [5.74, 6) is -1.76. The number of thioether (sulfide) groups is 1. The molecule has 0 spiro atoms. The maximum Gasteiger partial charge on any atom is 0.319 e. The predicted molar refractivity (Wildman–Crippen MR) is 122 cm³/mol. The zero-order valence-electron chi connectivity index (χ0n) is 17.1. The monoisotopic (exact) mass is 500 g/mol. The number of carbonyl (C=O) groups is 2. The molecule has 1 aliphatic rings. The molecule has 2 atom stereocenters. The number of esters is 1. The molecular weight excluding hydrogens is 480 g/mol. The number of carbonyl (C=O) groups excluding carboxylic acids is 2. The van der Waals surface area contributed by atoms with Gasteiger partial charge in [-0.15, -0.1) is 11.8 Å². The average molecular weight is 501 g/mol. The van der Waals surface area contributed by atoms with Gasteiger partial charge in [-0.1, -0.05) is 45.8 Å². The number of methoxy groups -OCH3 is 1. The van der Waals surface area contributed by atoms with E-state index in [9.17, 15) is 14.9 Å². The second-order valence-corrected chi connectivity index (χ2v) is 8.91. The lowest BCUT2D eigenvalue weighted by Gasteiger charge is -2.31. The van der Waals surface area contributed by atoms with Gasteiger partial charge in [0.2, 0.25) is 5.91 Å². The molecule has 1 heterocycles. The second kappa shape index (κ2) is 10.5. The van der Waals surface area contributed by atoms with Crippen LogP contribution in [0, 0.1) is 24.2 Å². The van der Waals surface area contributed by atoms with Crippen molar-refractivity contribution in [3.05, 3.63) is 74.7 Å². The summed E-state index contributed by atoms with van der Waals surface area (Å²) >= 11 is 4.73. The molecule has 6 nitrogen and oxygen atoms in total. The van der Waals surface area contributed by atoms with Gasteiger partial charge in [-0.3, -0.25) is 9.59 Å². The van der Waals surface area contributed by atoms with E-state index in [-0.39, 0.29) is 0 Å². The summed E-state index contributed by atoms with van der Waals surface area (Å²) < 4.78 is 11.4. The number of aryl methyl sites for hydroxylation is 1. The van der Waals surface area contributed by atoms with Gasteiger partial charge in [-0.05, 0) is 36.8 Å². The van der Waals surface area contributed by atoms with Crippen LogP contribution in [0.15, 0.2) is 63.6 Å². The lowest BCUT2D eigenvalue weighted by molar-refractivity contribution is -0.150. The Morgan fingerprint density at radius 3 is 2.65 bits per heavy atom. The van der Waals surface area contributed by atoms with Crippen LogP contribution >= 0.6 is 27.7 Å². The number of rotatable bonds is 7. The molecule has 0 radical (unpaired) electrons. The quantitative estimate of drug-likeness (QED) is 0.346. The van der Waals surface area contributed by atoms with Crippen molar-refractivity contribution in [2.75, 3.05) is 19.5 Å². The third kappa shape index (κ3) is 5.49. The minimum Gasteiger partial charge on any atom is -0.493 e. The van der Waals surface area contributed by atoms with Crippen molar-refractivity contribution >= 4 is 39.6 Å². The van der Waals surface area contributed by atoms with E-state index in [4.69, 9.17) is 9.47 Å². The summed E-state index contributed by atoms with van der Waals surface area (Å²) in [4.78, 5) is 25.2. The number of nitrogens with one attached hydrogen (secondary N) is 1. The average Bonchev–Trinajstić information content (AvgIpc) is 2.77. The zero-order valence-corrected chi connectivity index (χ0v) is 19.5. The molecule has 2 aromatic rings. The van der Waals surface area contributed by atoms with Crippen molar-refractivity contribution in [1.82, 2.24) is 5.32 Å². The number of ether oxygens (including phenoxy) is 2. The Kier molecular flexibility index (Phi) is 7.77. The molecular formula is C23H21BrN2O4S. The minimum absolute atomic E-state index is 0.327. The van der Waals surface area contributed by atoms with E-state index < -0.39 is 23.7 Å². The van der Waals surface area contributed by atoms with Crippen LogP contribution in [-0.2, 0) is 14.3 Å². The standard InChI is InChI=1S/C23H21BrN2O4S/c1-14-6-8-17(9-7-14)30-10-11-31-22-18(13-25)19(15-4-3-5-16(24)12-15)20(21(27)26-22)23(28)29-2/h3-9,12,19-20H,10-11H2,1-2H3,(H,26,27)/t19-,20+/m1/s1. The van der Waals surface area contributed by atoms with Crippen LogP contribution in [0.4, 0.5) is 0 Å². The zero-order chi connectivity index (χ0) is 22.4. The van der Waals surface area contributed by atoms with E-state index in [1.165, 1.54) is 18.9 Å². The maximum atomic E-state index is 12.8. The first-order valence-electron chi connectivity index (χ1n) is 9.55. The van der Waals surface area contributed by atoms with E-state index >= 15 is 0 Å². The third-order valence-electron chi connectivity index (χ3n) is 4.81. The molecule has 1 N–H and O–H groups in total. The Hall–Kier alpha value is -2.76. The first kappa shape index (κ1) is 22.9. The van der Waals surface area contributed by atoms with E-state index in [2.05, 4.69) is 27.3 Å². The molecule has 2 aromatic carbocycles. The van der Waals surface area contributed by atoms with Crippen LogP contribution in [0.1, 0.15) is 17.0 Å². The van der Waals surface area contributed by atoms with Gasteiger partial charge in [-0.2, -0.15) is 5.26 Å². The van der Waals surface area contributed by atoms with Gasteiger partial charge in [0.05, 0.1) is 30.4 Å². The highest BCUT2D eigenvalue weighted by Gasteiger charge is 2.44. The molecule has 0 aliphatic carbocycles. The number of nitrogens with zero attached hydrogens (tertiary/aromatic N) is 1. The van der Waals surface area contributed by atoms with Crippen molar-refractivity contribution in [1.29, 1.82) is 5.26 Å². The highest BCUT2D eigenvalue weighted by atomic mass is 79.9. The number of nitriles is 1. The van der Waals surface area contributed by atoms with Gasteiger partial charge < -0.3 is 14.8 Å². The van der Waals surface area contributed by atoms with Crippen molar-refractivity contribution < 1.29 is 19.1 Å². The first-order valence-corrected chi connectivity index (χ1v) is 11.3. The lowest BCUT2D eigenvalue weighted by atomic mass is 9.78. The smallest absolute Gasteiger partial charge is 0.319 e. The van der Waals surface area contributed by atoms with E-state index in [1.807, 2.05) is 37.3 Å². The van der Waals surface area contributed by atoms with Crippen molar-refractivity contribution in [2.24, 2.45) is 5.92 Å². The fourth-order valence-electron chi connectivity index (χ4n) is 3.32. The van der Waals surface area contributed by atoms with Gasteiger partial charge >= 0.3 is 5.97 Å². The summed E-state index contributed by atoms with van der Waals surface area (Å²) in [6, 6.07) is 17.2. The molecule has 1 amide bonds. The molecule has 3 rings (SSSR count). The molecule has 0 fully saturated rings. The van der Waals surface area contributed by atoms with Crippen molar-refractivity contribution in [3.8, 4) is 11.8 Å². The second-order valence-electron chi connectivity index (χ2n) is 6.89. The van der Waals surface area contributed by atoms with Gasteiger partial charge in [0.1, 0.15) is 11.7 Å². The largest absolute Gasteiger partial charge is 0.493 e. The number of benzene rings is 2. The van der Waals surface area contributed by atoms with Crippen LogP contribution in [0.25, 0.3) is 0 Å². The highest BCUT2D eigenvalue weighted by molar-refractivity contribution is 9.10. The summed E-state index contributed by atoms with van der Waals surface area (Å²) in [6.45, 7) is 2.40. The summed E-state index contributed by atoms with van der Waals surface area (Å²) in [5.41, 5.74) is 2.16. The molecule has 0 unspecified atom stereocenters. The number of hydrogen-bond donors (Lipinski definition) is 1. The Bertz CT molecular complexity index is 1050. The molecule has 160 valence electrons. The van der Waals surface area contributed by atoms with Crippen molar-refractivity contribution in [2.45, 2.75) is 12.8 Å². The Balaban J connectivity index is 1.83. The third-order valence-corrected chi connectivity index (χ3v) is 6.29. The van der Waals surface area contributed by atoms with Gasteiger partial charge in [0.25, 0.3) is 0 Å². The van der Waals surface area contributed by atoms with E-state index in [0.29, 0.717) is 28.5 Å². The molecule has 0 saturated carbocycles. The predicted octanol–water partition coefficient (Wildman–Crippen LogP) is 4.31.